The molecule has 0 spiro atoms. The predicted molar refractivity (Wildman–Crippen MR) is 45.4 cm³/mol. The van der Waals surface area contributed by atoms with Gasteiger partial charge < -0.3 is 5.11 Å². The standard InChI is InChI=1S/C9H14O2/c1-3-4-5-8(2)6-7-9(10)11/h3-5H,6-7H2,1-2H3,(H,10,11)/b4-3-,8-5+. The molecule has 62 valence electrons. The van der Waals surface area contributed by atoms with Crippen molar-refractivity contribution < 1.29 is 9.90 Å². The van der Waals surface area contributed by atoms with Gasteiger partial charge in [-0.2, -0.15) is 0 Å². The van der Waals surface area contributed by atoms with Crippen LogP contribution in [0.4, 0.5) is 0 Å². The molecule has 0 aromatic rings. The highest BCUT2D eigenvalue weighted by atomic mass is 16.4. The number of carboxylic acid groups (broad SMARTS) is 1. The predicted octanol–water partition coefficient (Wildman–Crippen LogP) is 2.37. The number of hydrogen-bond donors (Lipinski definition) is 1. The Morgan fingerprint density at radius 2 is 2.09 bits per heavy atom. The van der Waals surface area contributed by atoms with Crippen LogP contribution in [0.5, 0.6) is 0 Å². The van der Waals surface area contributed by atoms with Crippen LogP contribution in [0.2, 0.25) is 0 Å². The van der Waals surface area contributed by atoms with Crippen LogP contribution in [0.25, 0.3) is 0 Å². The van der Waals surface area contributed by atoms with Crippen LogP contribution in [-0.4, -0.2) is 11.1 Å². The third-order valence-corrected chi connectivity index (χ3v) is 1.31. The first-order valence-corrected chi connectivity index (χ1v) is 3.67. The van der Waals surface area contributed by atoms with Crippen LogP contribution in [0, 0.1) is 0 Å². The van der Waals surface area contributed by atoms with Crippen molar-refractivity contribution in [3.8, 4) is 0 Å². The van der Waals surface area contributed by atoms with Gasteiger partial charge in [-0.25, -0.2) is 0 Å². The second-order valence-corrected chi connectivity index (χ2v) is 2.43. The fraction of sp³-hybridized carbons (Fsp3) is 0.444. The molecule has 0 aromatic heterocycles. The lowest BCUT2D eigenvalue weighted by molar-refractivity contribution is -0.136. The molecule has 0 amide bonds. The fourth-order valence-electron chi connectivity index (χ4n) is 0.648. The number of rotatable bonds is 4. The largest absolute Gasteiger partial charge is 0.481 e. The van der Waals surface area contributed by atoms with Crippen LogP contribution in [-0.2, 0) is 4.79 Å². The second kappa shape index (κ2) is 5.71. The fourth-order valence-corrected chi connectivity index (χ4v) is 0.648. The second-order valence-electron chi connectivity index (χ2n) is 2.43. The molecule has 0 saturated carbocycles. The van der Waals surface area contributed by atoms with Crippen molar-refractivity contribution in [2.45, 2.75) is 26.7 Å². The molecule has 0 fully saturated rings. The highest BCUT2D eigenvalue weighted by Crippen LogP contribution is 2.03. The summed E-state index contributed by atoms with van der Waals surface area (Å²) < 4.78 is 0. The molecule has 0 saturated heterocycles. The van der Waals surface area contributed by atoms with Gasteiger partial charge in [0.25, 0.3) is 0 Å². The minimum absolute atomic E-state index is 0.222. The van der Waals surface area contributed by atoms with Gasteiger partial charge >= 0.3 is 5.97 Å². The molecule has 2 heteroatoms. The van der Waals surface area contributed by atoms with Crippen molar-refractivity contribution in [1.82, 2.24) is 0 Å². The van der Waals surface area contributed by atoms with Gasteiger partial charge in [0.1, 0.15) is 0 Å². The summed E-state index contributed by atoms with van der Waals surface area (Å²) in [6.45, 7) is 3.86. The van der Waals surface area contributed by atoms with E-state index in [1.54, 1.807) is 0 Å². The van der Waals surface area contributed by atoms with Crippen molar-refractivity contribution in [3.63, 3.8) is 0 Å². The lowest BCUT2D eigenvalue weighted by atomic mass is 10.1. The molecule has 1 N–H and O–H groups in total. The zero-order valence-corrected chi connectivity index (χ0v) is 7.00. The van der Waals surface area contributed by atoms with Gasteiger partial charge in [0.15, 0.2) is 0 Å². The zero-order chi connectivity index (χ0) is 8.69. The van der Waals surface area contributed by atoms with Crippen molar-refractivity contribution in [1.29, 1.82) is 0 Å². The summed E-state index contributed by atoms with van der Waals surface area (Å²) in [7, 11) is 0. The van der Waals surface area contributed by atoms with E-state index in [0.29, 0.717) is 6.42 Å². The molecule has 0 unspecified atom stereocenters. The van der Waals surface area contributed by atoms with E-state index in [9.17, 15) is 4.79 Å². The molecule has 11 heavy (non-hydrogen) atoms. The lowest BCUT2D eigenvalue weighted by Gasteiger charge is -1.94. The van der Waals surface area contributed by atoms with Gasteiger partial charge in [0.2, 0.25) is 0 Å². The molecule has 0 aliphatic carbocycles. The van der Waals surface area contributed by atoms with Gasteiger partial charge in [0, 0.05) is 6.42 Å². The molecule has 0 aliphatic heterocycles. The molecular weight excluding hydrogens is 140 g/mol. The Bertz CT molecular complexity index is 178. The van der Waals surface area contributed by atoms with Crippen molar-refractivity contribution in [3.05, 3.63) is 23.8 Å². The molecule has 0 radical (unpaired) electrons. The number of hydrogen-bond acceptors (Lipinski definition) is 1. The first-order valence-electron chi connectivity index (χ1n) is 3.67. The summed E-state index contributed by atoms with van der Waals surface area (Å²) in [5, 5.41) is 8.34. The summed E-state index contributed by atoms with van der Waals surface area (Å²) in [5.74, 6) is -0.738. The lowest BCUT2D eigenvalue weighted by Crippen LogP contribution is -1.93. The molecule has 0 bridgehead atoms. The topological polar surface area (TPSA) is 37.3 Å². The Hall–Kier alpha value is -1.05. The Morgan fingerprint density at radius 1 is 1.45 bits per heavy atom. The average Bonchev–Trinajstić information content (AvgIpc) is 1.97. The Kier molecular flexibility index (Phi) is 5.17. The Labute approximate surface area is 67.2 Å². The minimum atomic E-state index is -0.738. The summed E-state index contributed by atoms with van der Waals surface area (Å²) in [5.41, 5.74) is 1.10. The smallest absolute Gasteiger partial charge is 0.303 e. The van der Waals surface area contributed by atoms with E-state index < -0.39 is 5.97 Å². The first-order chi connectivity index (χ1) is 5.16. The zero-order valence-electron chi connectivity index (χ0n) is 7.00. The van der Waals surface area contributed by atoms with E-state index >= 15 is 0 Å². The Balaban J connectivity index is 3.68. The van der Waals surface area contributed by atoms with Crippen LogP contribution >= 0.6 is 0 Å². The summed E-state index contributed by atoms with van der Waals surface area (Å²) in [6, 6.07) is 0. The van der Waals surface area contributed by atoms with E-state index in [-0.39, 0.29) is 6.42 Å². The van der Waals surface area contributed by atoms with Crippen LogP contribution in [0.15, 0.2) is 23.8 Å². The number of allylic oxidation sites excluding steroid dienone is 4. The minimum Gasteiger partial charge on any atom is -0.481 e. The van der Waals surface area contributed by atoms with Gasteiger partial charge in [-0.05, 0) is 20.3 Å². The number of carbonyl (C=O) groups is 1. The maximum absolute atomic E-state index is 10.1. The van der Waals surface area contributed by atoms with E-state index in [1.165, 1.54) is 0 Å². The van der Waals surface area contributed by atoms with E-state index in [1.807, 2.05) is 32.1 Å². The Morgan fingerprint density at radius 3 is 2.55 bits per heavy atom. The van der Waals surface area contributed by atoms with E-state index in [4.69, 9.17) is 5.11 Å². The monoisotopic (exact) mass is 154 g/mol. The summed E-state index contributed by atoms with van der Waals surface area (Å²) in [4.78, 5) is 10.1. The molecule has 0 heterocycles. The highest BCUT2D eigenvalue weighted by molar-refractivity contribution is 5.67. The quantitative estimate of drug-likeness (QED) is 0.631. The maximum atomic E-state index is 10.1. The SMILES string of the molecule is C/C=C\C=C(/C)CCC(=O)O. The van der Waals surface area contributed by atoms with Crippen molar-refractivity contribution >= 4 is 5.97 Å². The van der Waals surface area contributed by atoms with E-state index in [0.717, 1.165) is 5.57 Å². The molecular formula is C9H14O2. The van der Waals surface area contributed by atoms with Gasteiger partial charge in [-0.3, -0.25) is 4.79 Å². The van der Waals surface area contributed by atoms with Crippen molar-refractivity contribution in [2.24, 2.45) is 0 Å². The number of aliphatic carboxylic acids is 1. The molecule has 0 aromatic carbocycles. The number of carboxylic acids is 1. The van der Waals surface area contributed by atoms with Crippen LogP contribution in [0.3, 0.4) is 0 Å². The first kappa shape index (κ1) is 9.95. The maximum Gasteiger partial charge on any atom is 0.303 e. The van der Waals surface area contributed by atoms with Crippen LogP contribution < -0.4 is 0 Å². The summed E-state index contributed by atoms with van der Waals surface area (Å²) in [6.07, 6.45) is 6.63. The van der Waals surface area contributed by atoms with Gasteiger partial charge in [0.05, 0.1) is 0 Å². The highest BCUT2D eigenvalue weighted by Gasteiger charge is 1.95. The van der Waals surface area contributed by atoms with Gasteiger partial charge in [-0.1, -0.05) is 23.8 Å². The van der Waals surface area contributed by atoms with Crippen LogP contribution in [0.1, 0.15) is 26.7 Å². The molecule has 2 nitrogen and oxygen atoms in total. The van der Waals surface area contributed by atoms with E-state index in [2.05, 4.69) is 0 Å². The average molecular weight is 154 g/mol. The summed E-state index contributed by atoms with van der Waals surface area (Å²) >= 11 is 0. The normalized spacial score (nSPS) is 12.4. The van der Waals surface area contributed by atoms with Gasteiger partial charge in [-0.15, -0.1) is 0 Å². The third kappa shape index (κ3) is 6.84. The third-order valence-electron chi connectivity index (χ3n) is 1.31. The molecule has 0 aliphatic rings. The molecule has 0 rings (SSSR count). The van der Waals surface area contributed by atoms with Crippen molar-refractivity contribution in [2.75, 3.05) is 0 Å². The molecule has 0 atom stereocenters.